The zero-order valence-electron chi connectivity index (χ0n) is 76.8. The fraction of sp³-hybridized carbons (Fsp3) is 0.471. The molecule has 0 bridgehead atoms. The van der Waals surface area contributed by atoms with Crippen LogP contribution in [0.15, 0.2) is 146 Å². The molecule has 2 unspecified atom stereocenters. The maximum absolute atomic E-state index is 12.8. The molecule has 0 N–H and O–H groups in total. The molecule has 3 aromatic heterocycles. The van der Waals surface area contributed by atoms with E-state index in [-0.39, 0.29) is 67.2 Å². The minimum Gasteiger partial charge on any atom is -0.462 e. The topological polar surface area (TPSA) is 276 Å². The quantitative estimate of drug-likeness (QED) is 0.0455. The van der Waals surface area contributed by atoms with Gasteiger partial charge in [0.05, 0.1) is 114 Å². The molecule has 0 radical (unpaired) electrons. The van der Waals surface area contributed by atoms with Crippen molar-refractivity contribution in [3.8, 4) is 36.2 Å². The van der Waals surface area contributed by atoms with Crippen molar-refractivity contribution in [2.24, 2.45) is 0 Å². The van der Waals surface area contributed by atoms with Crippen molar-refractivity contribution in [2.75, 3.05) is 201 Å². The smallest absolute Gasteiger partial charge is 0.318 e. The zero-order chi connectivity index (χ0) is 94.1. The number of ether oxygens (including phenoxy) is 4. The summed E-state index contributed by atoms with van der Waals surface area (Å²) in [6, 6.07) is 44.3. The highest BCUT2D eigenvalue weighted by atomic mass is 35.5. The number of rotatable bonds is 26. The highest BCUT2D eigenvalue weighted by molar-refractivity contribution is 6.37. The van der Waals surface area contributed by atoms with Crippen molar-refractivity contribution >= 4 is 119 Å². The van der Waals surface area contributed by atoms with E-state index < -0.39 is 20.0 Å². The van der Waals surface area contributed by atoms with Crippen LogP contribution in [0.5, 0.6) is 18.0 Å². The summed E-state index contributed by atoms with van der Waals surface area (Å²) in [5, 5.41) is 37.2. The molecule has 712 valence electrons. The maximum Gasteiger partial charge on any atom is 0.318 e. The van der Waals surface area contributed by atoms with Crippen molar-refractivity contribution in [2.45, 2.75) is 139 Å². The Kier molecular flexibility index (Phi) is 32.0. The number of likely N-dealkylation sites (tertiary alicyclic amines) is 2. The Bertz CT molecular complexity index is 5780. The number of piperazine rings is 3. The number of hydrogen-bond acceptors (Lipinski definition) is 25. The number of nitrogens with zero attached hydrogens (tertiary/aromatic N) is 21. The third-order valence-corrected chi connectivity index (χ3v) is 28.4. The number of nitriles is 3. The molecular formula is C102H115Cl3F3N21O7. The Labute approximate surface area is 807 Å². The second-order valence-electron chi connectivity index (χ2n) is 36.2. The van der Waals surface area contributed by atoms with E-state index in [0.717, 1.165) is 189 Å². The highest BCUT2D eigenvalue weighted by Crippen LogP contribution is 2.44. The number of anilines is 6. The van der Waals surface area contributed by atoms with Crippen LogP contribution in [-0.4, -0.2) is 285 Å². The minimum absolute atomic E-state index is 0.0897. The molecule has 10 aliphatic rings. The number of hydrogen-bond donors (Lipinski definition) is 0. The number of allylic oxidation sites excluding steroid dienone is 3. The van der Waals surface area contributed by atoms with Gasteiger partial charge >= 0.3 is 18.0 Å². The summed E-state index contributed by atoms with van der Waals surface area (Å²) in [5.41, 5.74) is 9.05. The number of likely N-dealkylation sites (N-methyl/N-ethyl adjacent to an activating group) is 1. The molecule has 3 amide bonds. The van der Waals surface area contributed by atoms with Gasteiger partial charge in [-0.15, -0.1) is 0 Å². The predicted molar refractivity (Wildman–Crippen MR) is 523 cm³/mol. The van der Waals surface area contributed by atoms with Gasteiger partial charge in [0.1, 0.15) is 63.4 Å². The summed E-state index contributed by atoms with van der Waals surface area (Å²) in [6.07, 6.45) is 18.6. The van der Waals surface area contributed by atoms with Gasteiger partial charge in [0.2, 0.25) is 17.7 Å². The molecule has 6 saturated heterocycles. The first-order valence-corrected chi connectivity index (χ1v) is 48.7. The predicted octanol–water partition coefficient (Wildman–Crippen LogP) is 14.5. The molecular weight excluding hydrogens is 1790 g/mol. The van der Waals surface area contributed by atoms with Crippen LogP contribution in [0.1, 0.15) is 98.0 Å². The third-order valence-electron chi connectivity index (χ3n) is 27.5. The minimum atomic E-state index is -0.714. The molecule has 1 saturated carbocycles. The summed E-state index contributed by atoms with van der Waals surface area (Å²) in [7, 11) is 2.06. The van der Waals surface area contributed by atoms with Gasteiger partial charge in [-0.3, -0.25) is 24.2 Å². The third kappa shape index (κ3) is 22.5. The highest BCUT2D eigenvalue weighted by Gasteiger charge is 2.42. The van der Waals surface area contributed by atoms with Crippen LogP contribution in [0, 0.1) is 34.0 Å². The van der Waals surface area contributed by atoms with Crippen LogP contribution in [-0.2, 0) is 58.0 Å². The lowest BCUT2D eigenvalue weighted by Gasteiger charge is -2.42. The second kappa shape index (κ2) is 45.4. The molecule has 6 aromatic carbocycles. The van der Waals surface area contributed by atoms with E-state index in [0.29, 0.717) is 141 Å². The average molecular weight is 1910 g/mol. The first-order chi connectivity index (χ1) is 66.5. The molecule has 7 fully saturated rings. The van der Waals surface area contributed by atoms with Gasteiger partial charge in [0.25, 0.3) is 0 Å². The van der Waals surface area contributed by atoms with E-state index in [2.05, 4.69) is 136 Å². The number of benzene rings is 6. The van der Waals surface area contributed by atoms with Gasteiger partial charge in [-0.25, -0.2) is 13.2 Å². The monoisotopic (exact) mass is 1910 g/mol. The molecule has 0 spiro atoms. The molecule has 34 heteroatoms. The Morgan fingerprint density at radius 1 is 0.434 bits per heavy atom. The molecule has 5 atom stereocenters. The van der Waals surface area contributed by atoms with Gasteiger partial charge in [0, 0.05) is 185 Å². The molecule has 1 aliphatic carbocycles. The van der Waals surface area contributed by atoms with E-state index in [1.807, 2.05) is 42.5 Å². The van der Waals surface area contributed by atoms with Crippen molar-refractivity contribution in [3.63, 3.8) is 0 Å². The molecule has 28 nitrogen and oxygen atoms in total. The Morgan fingerprint density at radius 3 is 1.18 bits per heavy atom. The maximum atomic E-state index is 12.8. The Balaban J connectivity index is 0.000000142. The number of morpholine rings is 1. The van der Waals surface area contributed by atoms with Crippen molar-refractivity contribution < 1.29 is 46.5 Å². The van der Waals surface area contributed by atoms with Gasteiger partial charge < -0.3 is 67.9 Å². The molecule has 9 aromatic rings. The van der Waals surface area contributed by atoms with Crippen molar-refractivity contribution in [1.29, 1.82) is 15.8 Å². The van der Waals surface area contributed by atoms with E-state index in [4.69, 9.17) is 83.7 Å². The van der Waals surface area contributed by atoms with Crippen LogP contribution in [0.4, 0.5) is 47.7 Å². The normalized spacial score (nSPS) is 20.6. The molecule has 136 heavy (non-hydrogen) atoms. The second-order valence-corrected chi connectivity index (χ2v) is 37.4. The van der Waals surface area contributed by atoms with Crippen LogP contribution in [0.25, 0.3) is 32.3 Å². The number of alkyl halides is 3. The number of amides is 3. The largest absolute Gasteiger partial charge is 0.462 e. The molecule has 19 rings (SSSR count). The number of carbonyl (C=O) groups excluding carboxylic acids is 3. The molecule has 9 aliphatic heterocycles. The lowest BCUT2D eigenvalue weighted by atomic mass is 10.0. The summed E-state index contributed by atoms with van der Waals surface area (Å²) in [6.45, 7) is 13.8. The van der Waals surface area contributed by atoms with Crippen LogP contribution < -0.4 is 43.6 Å². The fourth-order valence-corrected chi connectivity index (χ4v) is 21.3. The number of halogens is 6. The lowest BCUT2D eigenvalue weighted by molar-refractivity contribution is -0.129. The van der Waals surface area contributed by atoms with Gasteiger partial charge in [0.15, 0.2) is 0 Å². The van der Waals surface area contributed by atoms with Crippen LogP contribution in [0.3, 0.4) is 0 Å². The zero-order valence-corrected chi connectivity index (χ0v) is 79.1. The van der Waals surface area contributed by atoms with E-state index in [1.165, 1.54) is 75.0 Å². The first-order valence-electron chi connectivity index (χ1n) is 47.6. The Morgan fingerprint density at radius 2 is 0.816 bits per heavy atom. The number of carbonyl (C=O) groups is 3. The first kappa shape index (κ1) is 95.8. The summed E-state index contributed by atoms with van der Waals surface area (Å²) < 4.78 is 62.9. The summed E-state index contributed by atoms with van der Waals surface area (Å²) in [5.74, 6) is 1.55. The lowest BCUT2D eigenvalue weighted by Crippen LogP contribution is -2.55. The summed E-state index contributed by atoms with van der Waals surface area (Å²) in [4.78, 5) is 93.7. The van der Waals surface area contributed by atoms with Crippen molar-refractivity contribution in [1.82, 2.24) is 59.3 Å². The van der Waals surface area contributed by atoms with Crippen LogP contribution in [0.2, 0.25) is 15.1 Å². The fourth-order valence-electron chi connectivity index (χ4n) is 20.4. The Hall–Kier alpha value is -11.9. The average Bonchev–Trinajstić information content (AvgIpc) is 1.24. The number of fused-ring (bicyclic) bond motifs is 6. The van der Waals surface area contributed by atoms with Crippen molar-refractivity contribution in [3.05, 3.63) is 194 Å². The van der Waals surface area contributed by atoms with Gasteiger partial charge in [-0.1, -0.05) is 120 Å². The van der Waals surface area contributed by atoms with Gasteiger partial charge in [-0.05, 0) is 142 Å². The molecule has 12 heterocycles. The standard InChI is InChI=1S/C35H41ClFN7O2.C34H37ClFN7O2.C33H37ClFN7O3/c36-29-10-5-8-26-9-6-11-31(33(26)29)42-19-14-28-30(25-42)39-35(46-23-22-41-17-3-1-2-4-18-41)40-34(28)43-20-21-44(27(24-43)13-16-38)32(45)12-7-15-37;35-28-6-1-4-23-5-2-7-30(32(23)28)40-16-13-27-29(21-40)38-34(45-22-26-12-17-42(26)24-9-10-24)39-33(27)41-18-19-43(25(20-41)11-15-37)31(44)8-3-14-36;1-39-17-18-44-25(20-39)22-45-33-37-28-21-40(29-8-3-6-23-5-2-7-27(34)31(23)29)14-11-26(28)32(38-33)41-15-16-42(24(19-41)10-13-36)30(43)9-4-12-35/h5-12,27H,1-4,13-15,17-25H2;1-8,24-26H,9-14,16-22H2;2-9,24-25H,10-12,14-22H2,1H3/b12-7+;8-3+;9-4+/t27-;25-,26?;24-,25?/m000/s1. The van der Waals surface area contributed by atoms with E-state index in [1.54, 1.807) is 14.7 Å². The van der Waals surface area contributed by atoms with Crippen LogP contribution >= 0.6 is 34.8 Å². The van der Waals surface area contributed by atoms with E-state index in [9.17, 15) is 43.3 Å². The van der Waals surface area contributed by atoms with Gasteiger partial charge in [-0.2, -0.15) is 45.7 Å². The number of aromatic nitrogens is 6. The summed E-state index contributed by atoms with van der Waals surface area (Å²) >= 11 is 20.1. The SMILES string of the molecule is CN1CCOC(COc2nc3c(c(N4CCN(C(=O)/C=C/CF)[C@@H](CC#N)C4)n2)CCN(c2cccc4cccc(Cl)c24)C3)C1.N#CC[C@H]1CN(c2nc(OCC3CCN3C3CC3)nc3c2CCN(c2cccc4cccc(Cl)c24)C3)CCN1C(=O)/C=C/CF.N#CC[C@H]1CN(c2nc(OCCN3CCCCCC3)nc3c2CCN(c2cccc4cccc(Cl)c24)C3)CCN1C(=O)/C=C/CF. The van der Waals surface area contributed by atoms with E-state index >= 15 is 0 Å².